The fourth-order valence-electron chi connectivity index (χ4n) is 1.86. The van der Waals surface area contributed by atoms with E-state index < -0.39 is 5.72 Å². The quantitative estimate of drug-likeness (QED) is 0.792. The molecule has 0 bridgehead atoms. The van der Waals surface area contributed by atoms with E-state index in [1.165, 1.54) is 11.1 Å². The van der Waals surface area contributed by atoms with Crippen molar-refractivity contribution in [1.29, 1.82) is 0 Å². The van der Waals surface area contributed by atoms with Gasteiger partial charge >= 0.3 is 0 Å². The van der Waals surface area contributed by atoms with Gasteiger partial charge in [-0.05, 0) is 23.6 Å². The zero-order valence-corrected chi connectivity index (χ0v) is 9.93. The van der Waals surface area contributed by atoms with Gasteiger partial charge in [0.1, 0.15) is 5.72 Å². The lowest BCUT2D eigenvalue weighted by Crippen LogP contribution is -2.37. The van der Waals surface area contributed by atoms with Gasteiger partial charge in [-0.25, -0.2) is 0 Å². The number of aliphatic hydroxyl groups is 1. The highest BCUT2D eigenvalue weighted by molar-refractivity contribution is 5.63. The number of hydrogen-bond donors (Lipinski definition) is 2. The third-order valence-electron chi connectivity index (χ3n) is 2.62. The fraction of sp³-hybridized carbons (Fsp3) is 0.200. The molecule has 0 heterocycles. The molecule has 2 heteroatoms. The van der Waals surface area contributed by atoms with Gasteiger partial charge in [-0.2, -0.15) is 0 Å². The van der Waals surface area contributed by atoms with Crippen molar-refractivity contribution in [3.8, 4) is 11.1 Å². The predicted molar refractivity (Wildman–Crippen MR) is 70.4 cm³/mol. The Kier molecular flexibility index (Phi) is 3.27. The normalized spacial score (nSPS) is 14.3. The monoisotopic (exact) mass is 227 g/mol. The molecule has 0 aliphatic heterocycles. The first-order valence-electron chi connectivity index (χ1n) is 5.70. The maximum atomic E-state index is 9.54. The van der Waals surface area contributed by atoms with Gasteiger partial charge in [-0.3, -0.25) is 0 Å². The molecule has 0 saturated carbocycles. The smallest absolute Gasteiger partial charge is 0.114 e. The fourth-order valence-corrected chi connectivity index (χ4v) is 1.86. The first-order valence-corrected chi connectivity index (χ1v) is 5.70. The van der Waals surface area contributed by atoms with E-state index in [9.17, 15) is 5.11 Å². The summed E-state index contributed by atoms with van der Waals surface area (Å²) in [5, 5.41) is 9.54. The molecule has 0 amide bonds. The van der Waals surface area contributed by atoms with Crippen molar-refractivity contribution in [2.45, 2.75) is 19.1 Å². The van der Waals surface area contributed by atoms with Crippen LogP contribution in [0.5, 0.6) is 0 Å². The van der Waals surface area contributed by atoms with Crippen LogP contribution in [0.15, 0.2) is 54.6 Å². The van der Waals surface area contributed by atoms with Gasteiger partial charge in [0.05, 0.1) is 0 Å². The molecule has 2 nitrogen and oxygen atoms in total. The Bertz CT molecular complexity index is 469. The molecule has 0 aromatic heterocycles. The Morgan fingerprint density at radius 2 is 1.47 bits per heavy atom. The van der Waals surface area contributed by atoms with E-state index in [0.29, 0.717) is 6.42 Å². The van der Waals surface area contributed by atoms with E-state index in [0.717, 1.165) is 5.56 Å². The maximum absolute atomic E-state index is 9.54. The molecule has 0 aliphatic carbocycles. The van der Waals surface area contributed by atoms with Crippen molar-refractivity contribution in [2.24, 2.45) is 5.73 Å². The van der Waals surface area contributed by atoms with Crippen molar-refractivity contribution < 1.29 is 5.11 Å². The molecule has 3 N–H and O–H groups in total. The largest absolute Gasteiger partial charge is 0.376 e. The van der Waals surface area contributed by atoms with Crippen molar-refractivity contribution in [3.05, 3.63) is 60.2 Å². The first kappa shape index (κ1) is 11.8. The van der Waals surface area contributed by atoms with Gasteiger partial charge < -0.3 is 10.8 Å². The van der Waals surface area contributed by atoms with E-state index in [1.807, 2.05) is 30.3 Å². The van der Waals surface area contributed by atoms with E-state index in [2.05, 4.69) is 24.3 Å². The van der Waals surface area contributed by atoms with Gasteiger partial charge in [-0.1, -0.05) is 54.6 Å². The molecular weight excluding hydrogens is 210 g/mol. The molecule has 0 spiro atoms. The zero-order chi connectivity index (χ0) is 12.3. The Morgan fingerprint density at radius 1 is 0.941 bits per heavy atom. The van der Waals surface area contributed by atoms with Crippen LogP contribution in [0.2, 0.25) is 0 Å². The highest BCUT2D eigenvalue weighted by Gasteiger charge is 2.13. The van der Waals surface area contributed by atoms with Crippen molar-refractivity contribution in [3.63, 3.8) is 0 Å². The highest BCUT2D eigenvalue weighted by atomic mass is 16.3. The lowest BCUT2D eigenvalue weighted by Gasteiger charge is -2.17. The van der Waals surface area contributed by atoms with Crippen LogP contribution in [0.3, 0.4) is 0 Å². The zero-order valence-electron chi connectivity index (χ0n) is 9.93. The summed E-state index contributed by atoms with van der Waals surface area (Å²) in [5.41, 5.74) is 7.83. The molecule has 88 valence electrons. The molecule has 1 atom stereocenters. The summed E-state index contributed by atoms with van der Waals surface area (Å²) >= 11 is 0. The van der Waals surface area contributed by atoms with E-state index in [1.54, 1.807) is 6.92 Å². The Hall–Kier alpha value is -1.64. The third-order valence-corrected chi connectivity index (χ3v) is 2.62. The van der Waals surface area contributed by atoms with E-state index in [-0.39, 0.29) is 0 Å². The lowest BCUT2D eigenvalue weighted by molar-refractivity contribution is 0.0677. The van der Waals surface area contributed by atoms with Crippen LogP contribution in [0.1, 0.15) is 12.5 Å². The minimum Gasteiger partial charge on any atom is -0.376 e. The van der Waals surface area contributed by atoms with Crippen LogP contribution < -0.4 is 5.73 Å². The van der Waals surface area contributed by atoms with Crippen LogP contribution in [0.25, 0.3) is 11.1 Å². The van der Waals surface area contributed by atoms with Gasteiger partial charge in [0, 0.05) is 6.42 Å². The Labute approximate surface area is 102 Å². The summed E-state index contributed by atoms with van der Waals surface area (Å²) in [7, 11) is 0. The van der Waals surface area contributed by atoms with E-state index >= 15 is 0 Å². The molecule has 0 aliphatic rings. The molecule has 2 aromatic rings. The van der Waals surface area contributed by atoms with Gasteiger partial charge in [0.2, 0.25) is 0 Å². The second-order valence-electron chi connectivity index (χ2n) is 4.60. The molecule has 2 rings (SSSR count). The molecule has 17 heavy (non-hydrogen) atoms. The van der Waals surface area contributed by atoms with Crippen molar-refractivity contribution >= 4 is 0 Å². The van der Waals surface area contributed by atoms with Gasteiger partial charge in [0.15, 0.2) is 0 Å². The standard InChI is InChI=1S/C15H17NO/c1-15(16,17)11-12-7-9-14(10-8-12)13-5-3-2-4-6-13/h2-10,17H,11,16H2,1H3/t15-/m0/s1. The predicted octanol–water partition coefficient (Wildman–Crippen LogP) is 2.56. The first-order chi connectivity index (χ1) is 8.04. The molecule has 0 fully saturated rings. The lowest BCUT2D eigenvalue weighted by atomic mass is 10.0. The SMILES string of the molecule is C[C@](N)(O)Cc1ccc(-c2ccccc2)cc1. The van der Waals surface area contributed by atoms with Gasteiger partial charge in [0.25, 0.3) is 0 Å². The van der Waals surface area contributed by atoms with Crippen LogP contribution in [0.4, 0.5) is 0 Å². The molecule has 2 aromatic carbocycles. The number of benzene rings is 2. The number of nitrogens with two attached hydrogens (primary N) is 1. The van der Waals surface area contributed by atoms with Crippen LogP contribution in [0, 0.1) is 0 Å². The minimum atomic E-state index is -1.14. The second kappa shape index (κ2) is 4.70. The van der Waals surface area contributed by atoms with Crippen LogP contribution >= 0.6 is 0 Å². The maximum Gasteiger partial charge on any atom is 0.114 e. The van der Waals surface area contributed by atoms with Crippen LogP contribution in [-0.4, -0.2) is 10.8 Å². The van der Waals surface area contributed by atoms with Crippen molar-refractivity contribution in [1.82, 2.24) is 0 Å². The molecule has 0 radical (unpaired) electrons. The number of rotatable bonds is 3. The average molecular weight is 227 g/mol. The Balaban J connectivity index is 2.19. The third kappa shape index (κ3) is 3.41. The summed E-state index contributed by atoms with van der Waals surface area (Å²) in [6.45, 7) is 1.61. The summed E-state index contributed by atoms with van der Waals surface area (Å²) in [5.74, 6) is 0. The van der Waals surface area contributed by atoms with Gasteiger partial charge in [-0.15, -0.1) is 0 Å². The summed E-state index contributed by atoms with van der Waals surface area (Å²) < 4.78 is 0. The number of hydrogen-bond acceptors (Lipinski definition) is 2. The minimum absolute atomic E-state index is 0.460. The van der Waals surface area contributed by atoms with Crippen molar-refractivity contribution in [2.75, 3.05) is 0 Å². The molecule has 0 unspecified atom stereocenters. The second-order valence-corrected chi connectivity index (χ2v) is 4.60. The van der Waals surface area contributed by atoms with Crippen LogP contribution in [-0.2, 0) is 6.42 Å². The molecule has 0 saturated heterocycles. The summed E-state index contributed by atoms with van der Waals surface area (Å²) in [6, 6.07) is 18.3. The highest BCUT2D eigenvalue weighted by Crippen LogP contribution is 2.20. The molecular formula is C15H17NO. The summed E-state index contributed by atoms with van der Waals surface area (Å²) in [4.78, 5) is 0. The van der Waals surface area contributed by atoms with E-state index in [4.69, 9.17) is 5.73 Å². The Morgan fingerprint density at radius 3 is 2.00 bits per heavy atom. The summed E-state index contributed by atoms with van der Waals surface area (Å²) in [6.07, 6.45) is 0.460. The average Bonchev–Trinajstić information content (AvgIpc) is 2.29. The topological polar surface area (TPSA) is 46.2 Å².